The van der Waals surface area contributed by atoms with Crippen LogP contribution in [0.1, 0.15) is 0 Å². The molecular formula is C6H11N3O6. The number of aliphatic carboxylic acids is 1. The van der Waals surface area contributed by atoms with Crippen LogP contribution in [0.4, 0.5) is 0 Å². The molecule has 0 fully saturated rings. The number of carboxylic acid groups (broad SMARTS) is 1. The Morgan fingerprint density at radius 1 is 1.27 bits per heavy atom. The van der Waals surface area contributed by atoms with Gasteiger partial charge in [-0.1, -0.05) is 5.11 Å². The second-order valence-electron chi connectivity index (χ2n) is 2.75. The highest BCUT2D eigenvalue weighted by Gasteiger charge is 2.33. The van der Waals surface area contributed by atoms with E-state index in [0.717, 1.165) is 0 Å². The van der Waals surface area contributed by atoms with Gasteiger partial charge in [0.2, 0.25) is 0 Å². The molecule has 0 aromatic rings. The first-order valence-corrected chi connectivity index (χ1v) is 3.87. The van der Waals surface area contributed by atoms with Gasteiger partial charge in [0.25, 0.3) is 0 Å². The first-order valence-electron chi connectivity index (χ1n) is 3.87. The Labute approximate surface area is 83.8 Å². The Morgan fingerprint density at radius 3 is 2.20 bits per heavy atom. The summed E-state index contributed by atoms with van der Waals surface area (Å²) in [6, 6.07) is 0. The number of carbonyl (C=O) groups is 1. The van der Waals surface area contributed by atoms with Gasteiger partial charge in [-0.05, 0) is 5.53 Å². The first-order chi connectivity index (χ1) is 6.91. The van der Waals surface area contributed by atoms with E-state index in [1.54, 1.807) is 0 Å². The summed E-state index contributed by atoms with van der Waals surface area (Å²) in [5.41, 5.74) is 7.89. The molecular weight excluding hydrogens is 210 g/mol. The van der Waals surface area contributed by atoms with Gasteiger partial charge in [-0.3, -0.25) is 0 Å². The molecule has 9 nitrogen and oxygen atoms in total. The molecule has 0 saturated carbocycles. The van der Waals surface area contributed by atoms with E-state index < -0.39 is 36.9 Å². The number of aliphatic hydroxyl groups is 4. The smallest absolute Gasteiger partial charge is 0.335 e. The molecule has 0 aromatic carbocycles. The van der Waals surface area contributed by atoms with E-state index in [0.29, 0.717) is 0 Å². The van der Waals surface area contributed by atoms with Crippen molar-refractivity contribution in [3.63, 3.8) is 0 Å². The van der Waals surface area contributed by atoms with E-state index in [2.05, 4.69) is 10.0 Å². The van der Waals surface area contributed by atoms with Crippen LogP contribution in [-0.2, 0) is 4.79 Å². The third-order valence-electron chi connectivity index (χ3n) is 1.65. The molecule has 0 spiro atoms. The van der Waals surface area contributed by atoms with Gasteiger partial charge < -0.3 is 25.5 Å². The molecule has 0 bridgehead atoms. The van der Waals surface area contributed by atoms with Gasteiger partial charge in [-0.2, -0.15) is 0 Å². The summed E-state index contributed by atoms with van der Waals surface area (Å²) in [6.07, 6.45) is -7.85. The van der Waals surface area contributed by atoms with Gasteiger partial charge in [0.15, 0.2) is 6.10 Å². The normalized spacial score (nSPS) is 18.4. The molecule has 4 atom stereocenters. The van der Waals surface area contributed by atoms with Crippen LogP contribution in [0.3, 0.4) is 0 Å². The predicted molar refractivity (Wildman–Crippen MR) is 45.7 cm³/mol. The van der Waals surface area contributed by atoms with Crippen LogP contribution in [0.2, 0.25) is 0 Å². The van der Waals surface area contributed by atoms with Crippen molar-refractivity contribution in [3.05, 3.63) is 10.4 Å². The zero-order chi connectivity index (χ0) is 12.0. The van der Waals surface area contributed by atoms with Crippen molar-refractivity contribution >= 4 is 5.97 Å². The fraction of sp³-hybridized carbons (Fsp3) is 0.833. The van der Waals surface area contributed by atoms with E-state index in [9.17, 15) is 4.79 Å². The summed E-state index contributed by atoms with van der Waals surface area (Å²) >= 11 is 0. The Kier molecular flexibility index (Phi) is 5.60. The molecule has 0 radical (unpaired) electrons. The van der Waals surface area contributed by atoms with Crippen molar-refractivity contribution in [2.75, 3.05) is 6.54 Å². The fourth-order valence-corrected chi connectivity index (χ4v) is 0.789. The SMILES string of the molecule is [N-]=[N+]=NC[C@@H](O)[C@H](O)[C@H](O)[C@@H](O)C(=O)O. The van der Waals surface area contributed by atoms with E-state index in [1.165, 1.54) is 0 Å². The number of aliphatic hydroxyl groups excluding tert-OH is 4. The molecule has 0 rings (SSSR count). The van der Waals surface area contributed by atoms with E-state index in [4.69, 9.17) is 31.1 Å². The minimum atomic E-state index is -2.22. The molecule has 86 valence electrons. The van der Waals surface area contributed by atoms with Gasteiger partial charge in [0.05, 0.1) is 12.6 Å². The summed E-state index contributed by atoms with van der Waals surface area (Å²) < 4.78 is 0. The summed E-state index contributed by atoms with van der Waals surface area (Å²) in [7, 11) is 0. The van der Waals surface area contributed by atoms with Crippen LogP contribution in [0.5, 0.6) is 0 Å². The number of hydrogen-bond donors (Lipinski definition) is 5. The predicted octanol–water partition coefficient (Wildman–Crippen LogP) is -2.18. The summed E-state index contributed by atoms with van der Waals surface area (Å²) in [6.45, 7) is -0.541. The van der Waals surface area contributed by atoms with Crippen LogP contribution in [0, 0.1) is 0 Å². The molecule has 9 heteroatoms. The van der Waals surface area contributed by atoms with Gasteiger partial charge in [-0.25, -0.2) is 4.79 Å². The Hall–Kier alpha value is -1.38. The van der Waals surface area contributed by atoms with Gasteiger partial charge in [-0.15, -0.1) is 0 Å². The van der Waals surface area contributed by atoms with Crippen LogP contribution in [0.25, 0.3) is 10.4 Å². The van der Waals surface area contributed by atoms with E-state index >= 15 is 0 Å². The highest BCUT2D eigenvalue weighted by Crippen LogP contribution is 2.06. The lowest BCUT2D eigenvalue weighted by molar-refractivity contribution is -0.162. The largest absolute Gasteiger partial charge is 0.479 e. The topological polar surface area (TPSA) is 167 Å². The standard InChI is InChI=1S/C6H11N3O6/c7-9-8-1-2(10)3(11)4(12)5(13)6(14)15/h2-5,10-13H,1H2,(H,14,15)/t2-,3+,4+,5-/m1/s1. The van der Waals surface area contributed by atoms with Crippen LogP contribution < -0.4 is 0 Å². The lowest BCUT2D eigenvalue weighted by Gasteiger charge is -2.23. The van der Waals surface area contributed by atoms with E-state index in [-0.39, 0.29) is 0 Å². The van der Waals surface area contributed by atoms with Crippen molar-refractivity contribution in [1.82, 2.24) is 0 Å². The minimum absolute atomic E-state index is 0.541. The molecule has 0 aliphatic carbocycles. The van der Waals surface area contributed by atoms with Crippen molar-refractivity contribution in [2.45, 2.75) is 24.4 Å². The fourth-order valence-electron chi connectivity index (χ4n) is 0.789. The quantitative estimate of drug-likeness (QED) is 0.194. The van der Waals surface area contributed by atoms with Gasteiger partial charge in [0, 0.05) is 4.91 Å². The molecule has 5 N–H and O–H groups in total. The average molecular weight is 221 g/mol. The molecule has 0 unspecified atom stereocenters. The maximum Gasteiger partial charge on any atom is 0.335 e. The Bertz CT molecular complexity index is 266. The average Bonchev–Trinajstić information content (AvgIpc) is 2.22. The van der Waals surface area contributed by atoms with Crippen molar-refractivity contribution in [1.29, 1.82) is 0 Å². The minimum Gasteiger partial charge on any atom is -0.479 e. The number of nitrogens with zero attached hydrogens (tertiary/aromatic N) is 3. The highest BCUT2D eigenvalue weighted by atomic mass is 16.4. The van der Waals surface area contributed by atoms with Gasteiger partial charge >= 0.3 is 5.97 Å². The highest BCUT2D eigenvalue weighted by molar-refractivity contribution is 5.72. The molecule has 0 aromatic heterocycles. The zero-order valence-corrected chi connectivity index (χ0v) is 7.50. The summed E-state index contributed by atoms with van der Waals surface area (Å²) in [5, 5.41) is 47.2. The number of azide groups is 1. The maximum absolute atomic E-state index is 10.2. The molecule has 0 saturated heterocycles. The second-order valence-corrected chi connectivity index (χ2v) is 2.75. The summed E-state index contributed by atoms with van der Waals surface area (Å²) in [5.74, 6) is -1.74. The van der Waals surface area contributed by atoms with E-state index in [1.807, 2.05) is 0 Å². The van der Waals surface area contributed by atoms with Crippen molar-refractivity contribution < 1.29 is 30.3 Å². The monoisotopic (exact) mass is 221 g/mol. The number of carboxylic acids is 1. The third-order valence-corrected chi connectivity index (χ3v) is 1.65. The maximum atomic E-state index is 10.2. The Morgan fingerprint density at radius 2 is 1.80 bits per heavy atom. The molecule has 0 heterocycles. The van der Waals surface area contributed by atoms with Crippen LogP contribution in [-0.4, -0.2) is 62.5 Å². The Balaban J connectivity index is 4.35. The number of hydrogen-bond acceptors (Lipinski definition) is 6. The lowest BCUT2D eigenvalue weighted by Crippen LogP contribution is -2.48. The first kappa shape index (κ1) is 13.6. The molecule has 15 heavy (non-hydrogen) atoms. The summed E-state index contributed by atoms with van der Waals surface area (Å²) in [4.78, 5) is 12.5. The number of rotatable bonds is 6. The second kappa shape index (κ2) is 6.17. The third kappa shape index (κ3) is 4.11. The van der Waals surface area contributed by atoms with Crippen molar-refractivity contribution in [2.24, 2.45) is 5.11 Å². The van der Waals surface area contributed by atoms with Crippen LogP contribution >= 0.6 is 0 Å². The van der Waals surface area contributed by atoms with Crippen molar-refractivity contribution in [3.8, 4) is 0 Å². The molecule has 0 aliphatic heterocycles. The molecule has 0 amide bonds. The lowest BCUT2D eigenvalue weighted by atomic mass is 10.0. The molecule has 0 aliphatic rings. The van der Waals surface area contributed by atoms with Crippen LogP contribution in [0.15, 0.2) is 5.11 Å². The zero-order valence-electron chi connectivity index (χ0n) is 7.50. The van der Waals surface area contributed by atoms with Gasteiger partial charge in [0.1, 0.15) is 12.2 Å².